The number of nitrogens with one attached hydrogen (secondary N) is 1. The molecule has 0 aliphatic heterocycles. The number of phenols is 1. The highest BCUT2D eigenvalue weighted by Crippen LogP contribution is 2.31. The van der Waals surface area contributed by atoms with E-state index in [1.807, 2.05) is 18.2 Å². The third-order valence-electron chi connectivity index (χ3n) is 7.10. The minimum atomic E-state index is -0.893. The van der Waals surface area contributed by atoms with Gasteiger partial charge in [0.15, 0.2) is 11.5 Å². The molecule has 0 spiro atoms. The number of carbonyl (C=O) groups excluding carboxylic acids is 1. The van der Waals surface area contributed by atoms with Crippen molar-refractivity contribution in [3.05, 3.63) is 53.6 Å². The molecule has 0 aliphatic rings. The van der Waals surface area contributed by atoms with Crippen molar-refractivity contribution in [1.29, 1.82) is 0 Å². The highest BCUT2D eigenvalue weighted by Gasteiger charge is 2.31. The Morgan fingerprint density at radius 1 is 1.08 bits per heavy atom. The van der Waals surface area contributed by atoms with Crippen LogP contribution in [0.4, 0.5) is 0 Å². The predicted molar refractivity (Wildman–Crippen MR) is 150 cm³/mol. The van der Waals surface area contributed by atoms with Crippen LogP contribution in [0.1, 0.15) is 51.7 Å². The number of nitrogens with two attached hydrogens (primary N) is 1. The molecular formula is C30H46N2O6. The van der Waals surface area contributed by atoms with Gasteiger partial charge in [0.25, 0.3) is 0 Å². The van der Waals surface area contributed by atoms with Crippen LogP contribution in [0, 0.1) is 11.8 Å². The zero-order valence-corrected chi connectivity index (χ0v) is 23.7. The topological polar surface area (TPSA) is 123 Å². The van der Waals surface area contributed by atoms with Crippen molar-refractivity contribution >= 4 is 5.91 Å². The zero-order valence-electron chi connectivity index (χ0n) is 23.7. The number of aliphatic hydroxyl groups is 1. The van der Waals surface area contributed by atoms with Crippen molar-refractivity contribution < 1.29 is 29.2 Å². The van der Waals surface area contributed by atoms with Gasteiger partial charge >= 0.3 is 0 Å². The molecule has 0 aliphatic carbocycles. The molecule has 5 N–H and O–H groups in total. The van der Waals surface area contributed by atoms with Crippen LogP contribution in [0.2, 0.25) is 0 Å². The fourth-order valence-corrected chi connectivity index (χ4v) is 4.34. The first-order valence-corrected chi connectivity index (χ1v) is 13.3. The Kier molecular flexibility index (Phi) is 12.4. The molecule has 8 nitrogen and oxygen atoms in total. The lowest BCUT2D eigenvalue weighted by Gasteiger charge is -2.29. The molecule has 0 heterocycles. The first-order valence-electron chi connectivity index (χ1n) is 13.3. The summed E-state index contributed by atoms with van der Waals surface area (Å²) in [5.41, 5.74) is 7.34. The Balaban J connectivity index is 1.98. The van der Waals surface area contributed by atoms with Crippen LogP contribution in [0.3, 0.4) is 0 Å². The second kappa shape index (κ2) is 15.0. The number of methoxy groups -OCH3 is 2. The molecule has 3 atom stereocenters. The minimum absolute atomic E-state index is 0.0507. The fourth-order valence-electron chi connectivity index (χ4n) is 4.34. The lowest BCUT2D eigenvalue weighted by molar-refractivity contribution is -0.126. The first-order chi connectivity index (χ1) is 18.0. The maximum absolute atomic E-state index is 12.9. The van der Waals surface area contributed by atoms with Crippen LogP contribution >= 0.6 is 0 Å². The second-order valence-corrected chi connectivity index (χ2v) is 10.7. The van der Waals surface area contributed by atoms with Crippen LogP contribution < -0.4 is 20.5 Å². The van der Waals surface area contributed by atoms with Crippen molar-refractivity contribution in [2.24, 2.45) is 17.6 Å². The van der Waals surface area contributed by atoms with Crippen molar-refractivity contribution in [1.82, 2.24) is 5.32 Å². The molecule has 1 amide bonds. The highest BCUT2D eigenvalue weighted by molar-refractivity contribution is 5.87. The molecule has 0 aromatic heterocycles. The summed E-state index contributed by atoms with van der Waals surface area (Å²) in [5, 5.41) is 23.4. The lowest BCUT2D eigenvalue weighted by Crippen LogP contribution is -2.48. The average molecular weight is 531 g/mol. The standard InChI is InChI=1S/C30H46N2O6/c1-20(2)22(15-21-11-12-27(37-6)28(16-21)38-14-8-13-36-5)17-25(31)26(34)19-32-29(35)30(3,4)23-9-7-10-24(33)18-23/h7,9-12,16,18,20,22,25-26,33-34H,8,13-15,17,19,31H2,1-6H3,(H,32,35). The molecule has 0 saturated carbocycles. The third kappa shape index (κ3) is 9.19. The quantitative estimate of drug-likeness (QED) is 0.243. The van der Waals surface area contributed by atoms with Gasteiger partial charge in [0.2, 0.25) is 5.91 Å². The van der Waals surface area contributed by atoms with Crippen molar-refractivity contribution in [3.8, 4) is 17.2 Å². The largest absolute Gasteiger partial charge is 0.508 e. The SMILES string of the molecule is COCCCOc1cc(CC(CC(N)C(O)CNC(=O)C(C)(C)c2cccc(O)c2)C(C)C)ccc1OC. The van der Waals surface area contributed by atoms with E-state index in [9.17, 15) is 15.0 Å². The van der Waals surface area contributed by atoms with Gasteiger partial charge in [-0.05, 0) is 73.9 Å². The Morgan fingerprint density at radius 2 is 1.82 bits per heavy atom. The maximum Gasteiger partial charge on any atom is 0.230 e. The molecule has 2 aromatic carbocycles. The number of ether oxygens (including phenoxy) is 3. The van der Waals surface area contributed by atoms with E-state index >= 15 is 0 Å². The van der Waals surface area contributed by atoms with Crippen molar-refractivity contribution in [3.63, 3.8) is 0 Å². The molecule has 0 saturated heterocycles. The number of hydrogen-bond acceptors (Lipinski definition) is 7. The summed E-state index contributed by atoms with van der Waals surface area (Å²) in [6.07, 6.45) is 1.26. The van der Waals surface area contributed by atoms with Gasteiger partial charge in [-0.3, -0.25) is 4.79 Å². The van der Waals surface area contributed by atoms with Gasteiger partial charge in [0.05, 0.1) is 25.2 Å². The summed E-state index contributed by atoms with van der Waals surface area (Å²) in [4.78, 5) is 12.9. The van der Waals surface area contributed by atoms with E-state index in [0.29, 0.717) is 42.6 Å². The zero-order chi connectivity index (χ0) is 28.3. The van der Waals surface area contributed by atoms with E-state index in [0.717, 1.165) is 18.4 Å². The summed E-state index contributed by atoms with van der Waals surface area (Å²) in [6.45, 7) is 9.07. The fraction of sp³-hybridized carbons (Fsp3) is 0.567. The van der Waals surface area contributed by atoms with Crippen LogP contribution in [0.15, 0.2) is 42.5 Å². The van der Waals surface area contributed by atoms with Gasteiger partial charge in [-0.25, -0.2) is 0 Å². The van der Waals surface area contributed by atoms with Crippen molar-refractivity contribution in [2.45, 2.75) is 64.5 Å². The van der Waals surface area contributed by atoms with Crippen LogP contribution in [-0.2, 0) is 21.4 Å². The number of amides is 1. The predicted octanol–water partition coefficient (Wildman–Crippen LogP) is 3.80. The van der Waals surface area contributed by atoms with Gasteiger partial charge in [0.1, 0.15) is 5.75 Å². The Morgan fingerprint density at radius 3 is 2.45 bits per heavy atom. The maximum atomic E-state index is 12.9. The number of rotatable bonds is 16. The molecule has 0 bridgehead atoms. The summed E-state index contributed by atoms with van der Waals surface area (Å²) in [7, 11) is 3.29. The molecule has 0 fully saturated rings. The van der Waals surface area contributed by atoms with Gasteiger partial charge in [-0.2, -0.15) is 0 Å². The molecule has 8 heteroatoms. The van der Waals surface area contributed by atoms with Crippen LogP contribution in [0.25, 0.3) is 0 Å². The third-order valence-corrected chi connectivity index (χ3v) is 7.10. The number of aliphatic hydroxyl groups excluding tert-OH is 1. The summed E-state index contributed by atoms with van der Waals surface area (Å²) in [5.74, 6) is 1.79. The Hall–Kier alpha value is -2.81. The second-order valence-electron chi connectivity index (χ2n) is 10.7. The van der Waals surface area contributed by atoms with Gasteiger partial charge in [-0.15, -0.1) is 0 Å². The van der Waals surface area contributed by atoms with Gasteiger partial charge in [-0.1, -0.05) is 32.0 Å². The van der Waals surface area contributed by atoms with Gasteiger partial charge < -0.3 is 35.5 Å². The molecule has 38 heavy (non-hydrogen) atoms. The molecule has 2 rings (SSSR count). The number of hydrogen-bond donors (Lipinski definition) is 4. The molecule has 212 valence electrons. The monoisotopic (exact) mass is 530 g/mol. The Labute approximate surface area is 227 Å². The van der Waals surface area contributed by atoms with Crippen LogP contribution in [-0.4, -0.2) is 62.2 Å². The average Bonchev–Trinajstić information content (AvgIpc) is 2.89. The molecule has 2 aromatic rings. The van der Waals surface area contributed by atoms with E-state index in [2.05, 4.69) is 19.2 Å². The van der Waals surface area contributed by atoms with E-state index in [-0.39, 0.29) is 24.1 Å². The van der Waals surface area contributed by atoms with Gasteiger partial charge in [0, 0.05) is 32.7 Å². The molecular weight excluding hydrogens is 484 g/mol. The van der Waals surface area contributed by atoms with E-state index in [4.69, 9.17) is 19.9 Å². The normalized spacial score (nSPS) is 14.1. The first kappa shape index (κ1) is 31.4. The highest BCUT2D eigenvalue weighted by atomic mass is 16.5. The van der Waals surface area contributed by atoms with E-state index in [1.165, 1.54) is 0 Å². The minimum Gasteiger partial charge on any atom is -0.508 e. The smallest absolute Gasteiger partial charge is 0.230 e. The number of phenolic OH excluding ortho intramolecular Hbond substituents is 1. The molecule has 0 radical (unpaired) electrons. The van der Waals surface area contributed by atoms with Crippen LogP contribution in [0.5, 0.6) is 17.2 Å². The Bertz CT molecular complexity index is 1010. The van der Waals surface area contributed by atoms with E-state index < -0.39 is 17.6 Å². The number of benzene rings is 2. The summed E-state index contributed by atoms with van der Waals surface area (Å²) < 4.78 is 16.5. The lowest BCUT2D eigenvalue weighted by atomic mass is 9.82. The summed E-state index contributed by atoms with van der Waals surface area (Å²) >= 11 is 0. The summed E-state index contributed by atoms with van der Waals surface area (Å²) in [6, 6.07) is 12.1. The molecule has 3 unspecified atom stereocenters. The number of aromatic hydroxyl groups is 1. The van der Waals surface area contributed by atoms with Crippen molar-refractivity contribution in [2.75, 3.05) is 34.0 Å². The van der Waals surface area contributed by atoms with E-state index in [1.54, 1.807) is 52.3 Å². The number of carbonyl (C=O) groups is 1.